The molecule has 0 aromatic carbocycles. The van der Waals surface area contributed by atoms with Crippen molar-refractivity contribution in [1.82, 2.24) is 4.90 Å². The van der Waals surface area contributed by atoms with Crippen molar-refractivity contribution in [2.75, 3.05) is 13.2 Å². The van der Waals surface area contributed by atoms with Gasteiger partial charge in [-0.15, -0.1) is 0 Å². The van der Waals surface area contributed by atoms with Gasteiger partial charge in [0.05, 0.1) is 6.10 Å². The van der Waals surface area contributed by atoms with Crippen molar-refractivity contribution in [3.63, 3.8) is 0 Å². The Labute approximate surface area is 91.8 Å². The highest BCUT2D eigenvalue weighted by molar-refractivity contribution is 5.73. The second-order valence-corrected chi connectivity index (χ2v) is 4.74. The molecule has 1 aliphatic carbocycles. The second-order valence-electron chi connectivity index (χ2n) is 4.74. The van der Waals surface area contributed by atoms with E-state index in [1.807, 2.05) is 4.90 Å². The lowest BCUT2D eigenvalue weighted by molar-refractivity contribution is -0.132. The van der Waals surface area contributed by atoms with Crippen LogP contribution in [0.2, 0.25) is 0 Å². The third-order valence-electron chi connectivity index (χ3n) is 3.59. The fourth-order valence-electron chi connectivity index (χ4n) is 2.76. The fourth-order valence-corrected chi connectivity index (χ4v) is 2.76. The van der Waals surface area contributed by atoms with Gasteiger partial charge in [-0.1, -0.05) is 12.8 Å². The number of rotatable bonds is 3. The number of carbonyl (C=O) groups is 1. The van der Waals surface area contributed by atoms with Crippen LogP contribution in [0.1, 0.15) is 45.4 Å². The highest BCUT2D eigenvalue weighted by atomic mass is 16.5. The van der Waals surface area contributed by atoms with E-state index in [0.29, 0.717) is 12.1 Å². The van der Waals surface area contributed by atoms with E-state index in [4.69, 9.17) is 4.74 Å². The van der Waals surface area contributed by atoms with Crippen LogP contribution in [0, 0.1) is 0 Å². The van der Waals surface area contributed by atoms with E-state index in [1.54, 1.807) is 6.92 Å². The first-order chi connectivity index (χ1) is 7.27. The fraction of sp³-hybridized carbons (Fsp3) is 0.917. The van der Waals surface area contributed by atoms with E-state index in [-0.39, 0.29) is 5.91 Å². The molecule has 0 aromatic heterocycles. The minimum absolute atomic E-state index is 0.220. The maximum absolute atomic E-state index is 11.6. The van der Waals surface area contributed by atoms with E-state index in [1.165, 1.54) is 25.7 Å². The first-order valence-corrected chi connectivity index (χ1v) is 6.16. The highest BCUT2D eigenvalue weighted by Gasteiger charge is 2.28. The molecule has 1 aliphatic heterocycles. The van der Waals surface area contributed by atoms with Crippen LogP contribution in [0.3, 0.4) is 0 Å². The van der Waals surface area contributed by atoms with Crippen molar-refractivity contribution < 1.29 is 9.53 Å². The Balaban J connectivity index is 1.89. The summed E-state index contributed by atoms with van der Waals surface area (Å²) < 4.78 is 5.60. The number of hydrogen-bond donors (Lipinski definition) is 0. The summed E-state index contributed by atoms with van der Waals surface area (Å²) in [6.45, 7) is 3.38. The zero-order valence-electron chi connectivity index (χ0n) is 9.58. The quantitative estimate of drug-likeness (QED) is 0.714. The number of carbonyl (C=O) groups excluding carboxylic acids is 1. The molecular formula is C12H21NO2. The van der Waals surface area contributed by atoms with Gasteiger partial charge in [-0.05, 0) is 25.7 Å². The Kier molecular flexibility index (Phi) is 3.62. The molecule has 1 heterocycles. The van der Waals surface area contributed by atoms with Gasteiger partial charge in [0.1, 0.15) is 0 Å². The molecule has 1 unspecified atom stereocenters. The number of ether oxygens (including phenoxy) is 1. The molecule has 3 heteroatoms. The lowest BCUT2D eigenvalue weighted by Gasteiger charge is -2.30. The summed E-state index contributed by atoms with van der Waals surface area (Å²) in [5, 5.41) is 0. The Morgan fingerprint density at radius 2 is 2.00 bits per heavy atom. The minimum atomic E-state index is 0.220. The summed E-state index contributed by atoms with van der Waals surface area (Å²) >= 11 is 0. The first-order valence-electron chi connectivity index (χ1n) is 6.16. The van der Waals surface area contributed by atoms with Crippen molar-refractivity contribution in [2.45, 2.75) is 57.6 Å². The van der Waals surface area contributed by atoms with Gasteiger partial charge in [0, 0.05) is 26.1 Å². The van der Waals surface area contributed by atoms with Crippen LogP contribution >= 0.6 is 0 Å². The molecule has 2 rings (SSSR count). The molecule has 0 radical (unpaired) electrons. The molecule has 86 valence electrons. The van der Waals surface area contributed by atoms with Crippen LogP contribution in [0.25, 0.3) is 0 Å². The Bertz CT molecular complexity index is 218. The molecular weight excluding hydrogens is 190 g/mol. The van der Waals surface area contributed by atoms with Crippen molar-refractivity contribution in [3.8, 4) is 0 Å². The third-order valence-corrected chi connectivity index (χ3v) is 3.59. The van der Waals surface area contributed by atoms with Crippen LogP contribution in [0.5, 0.6) is 0 Å². The van der Waals surface area contributed by atoms with Crippen molar-refractivity contribution in [2.24, 2.45) is 0 Å². The van der Waals surface area contributed by atoms with E-state index < -0.39 is 0 Å². The van der Waals surface area contributed by atoms with Crippen LogP contribution in [0.15, 0.2) is 0 Å². The predicted octanol–water partition coefficient (Wildman–Crippen LogP) is 1.96. The predicted molar refractivity (Wildman–Crippen MR) is 58.6 cm³/mol. The van der Waals surface area contributed by atoms with Crippen molar-refractivity contribution >= 4 is 5.91 Å². The molecule has 0 aromatic rings. The largest absolute Gasteiger partial charge is 0.376 e. The monoisotopic (exact) mass is 211 g/mol. The average molecular weight is 211 g/mol. The lowest BCUT2D eigenvalue weighted by atomic mass is 10.1. The molecule has 15 heavy (non-hydrogen) atoms. The Hall–Kier alpha value is -0.570. The summed E-state index contributed by atoms with van der Waals surface area (Å²) in [6, 6.07) is 0.492. The summed E-state index contributed by atoms with van der Waals surface area (Å²) in [7, 11) is 0. The summed E-state index contributed by atoms with van der Waals surface area (Å²) in [5.74, 6) is 0.220. The maximum atomic E-state index is 11.6. The summed E-state index contributed by atoms with van der Waals surface area (Å²) in [5.41, 5.74) is 0. The number of nitrogens with zero attached hydrogens (tertiary/aromatic N) is 1. The molecule has 0 N–H and O–H groups in total. The van der Waals surface area contributed by atoms with Gasteiger partial charge in [-0.3, -0.25) is 4.79 Å². The Morgan fingerprint density at radius 3 is 2.53 bits per heavy atom. The highest BCUT2D eigenvalue weighted by Crippen LogP contribution is 2.25. The first kappa shape index (κ1) is 10.9. The topological polar surface area (TPSA) is 29.5 Å². The molecule has 1 atom stereocenters. The van der Waals surface area contributed by atoms with E-state index in [2.05, 4.69) is 0 Å². The van der Waals surface area contributed by atoms with Gasteiger partial charge >= 0.3 is 0 Å². The standard InChI is InChI=1S/C12H21NO2/c1-10(14)13(11-5-2-3-6-11)9-12-7-4-8-15-12/h11-12H,2-9H2,1H3. The molecule has 1 saturated carbocycles. The van der Waals surface area contributed by atoms with Crippen LogP contribution in [-0.4, -0.2) is 36.1 Å². The average Bonchev–Trinajstić information content (AvgIpc) is 2.87. The van der Waals surface area contributed by atoms with Crippen LogP contribution in [-0.2, 0) is 9.53 Å². The number of amides is 1. The van der Waals surface area contributed by atoms with Crippen LogP contribution in [0.4, 0.5) is 0 Å². The third kappa shape index (κ3) is 2.71. The summed E-state index contributed by atoms with van der Waals surface area (Å²) in [6.07, 6.45) is 7.50. The van der Waals surface area contributed by atoms with Gasteiger partial charge in [-0.2, -0.15) is 0 Å². The van der Waals surface area contributed by atoms with E-state index in [0.717, 1.165) is 26.0 Å². The lowest BCUT2D eigenvalue weighted by Crippen LogP contribution is -2.42. The van der Waals surface area contributed by atoms with E-state index >= 15 is 0 Å². The zero-order chi connectivity index (χ0) is 10.7. The smallest absolute Gasteiger partial charge is 0.219 e. The van der Waals surface area contributed by atoms with Gasteiger partial charge in [0.25, 0.3) is 0 Å². The number of hydrogen-bond acceptors (Lipinski definition) is 2. The van der Waals surface area contributed by atoms with E-state index in [9.17, 15) is 4.79 Å². The second kappa shape index (κ2) is 4.97. The molecule has 0 bridgehead atoms. The SMILES string of the molecule is CC(=O)N(CC1CCCO1)C1CCCC1. The summed E-state index contributed by atoms with van der Waals surface area (Å²) in [4.78, 5) is 13.6. The molecule has 3 nitrogen and oxygen atoms in total. The molecule has 2 fully saturated rings. The Morgan fingerprint density at radius 1 is 1.27 bits per heavy atom. The van der Waals surface area contributed by atoms with Gasteiger partial charge < -0.3 is 9.64 Å². The molecule has 1 amide bonds. The van der Waals surface area contributed by atoms with Gasteiger partial charge in [0.15, 0.2) is 0 Å². The minimum Gasteiger partial charge on any atom is -0.376 e. The van der Waals surface area contributed by atoms with Gasteiger partial charge in [-0.25, -0.2) is 0 Å². The molecule has 2 aliphatic rings. The van der Waals surface area contributed by atoms with Crippen molar-refractivity contribution in [3.05, 3.63) is 0 Å². The van der Waals surface area contributed by atoms with Crippen molar-refractivity contribution in [1.29, 1.82) is 0 Å². The molecule has 0 spiro atoms. The zero-order valence-corrected chi connectivity index (χ0v) is 9.58. The molecule has 1 saturated heterocycles. The van der Waals surface area contributed by atoms with Gasteiger partial charge in [0.2, 0.25) is 5.91 Å². The van der Waals surface area contributed by atoms with Crippen LogP contribution < -0.4 is 0 Å². The normalized spacial score (nSPS) is 27.1. The maximum Gasteiger partial charge on any atom is 0.219 e.